The summed E-state index contributed by atoms with van der Waals surface area (Å²) in [4.78, 5) is 31.4. The second-order valence-corrected chi connectivity index (χ2v) is 15.2. The van der Waals surface area contributed by atoms with Crippen LogP contribution in [0.15, 0.2) is 60.7 Å². The molecule has 2 bridgehead atoms. The van der Waals surface area contributed by atoms with Crippen molar-refractivity contribution in [3.05, 3.63) is 88.6 Å². The zero-order valence-electron chi connectivity index (χ0n) is 31.5. The largest absolute Gasteiger partial charge is 0.504 e. The molecule has 6 N–H and O–H groups in total. The van der Waals surface area contributed by atoms with Gasteiger partial charge in [0.25, 0.3) is 0 Å². The average Bonchev–Trinajstić information content (AvgIpc) is 3.50. The van der Waals surface area contributed by atoms with Crippen LogP contribution in [-0.4, -0.2) is 81.4 Å². The number of para-hydroxylation sites is 1. The topological polar surface area (TPSA) is 179 Å². The van der Waals surface area contributed by atoms with Crippen molar-refractivity contribution in [2.24, 2.45) is 17.8 Å². The molecule has 1 aromatic heterocycles. The summed E-state index contributed by atoms with van der Waals surface area (Å²) < 4.78 is 16.9. The molecule has 56 heavy (non-hydrogen) atoms. The molecule has 0 radical (unpaired) electrons. The number of fused-ring (bicyclic) bond motifs is 6. The number of ether oxygens (including phenoxy) is 3. The van der Waals surface area contributed by atoms with E-state index in [-0.39, 0.29) is 98.0 Å². The number of hydrogen-bond acceptors (Lipinski definition) is 10. The number of methoxy groups -OCH3 is 1. The Hall–Kier alpha value is -5.28. The van der Waals surface area contributed by atoms with E-state index in [2.05, 4.69) is 22.9 Å². The summed E-state index contributed by atoms with van der Waals surface area (Å²) in [6, 6.07) is 16.1. The molecule has 0 amide bonds. The van der Waals surface area contributed by atoms with Gasteiger partial charge in [-0.2, -0.15) is 0 Å². The number of hydrogen-bond donors (Lipinski definition) is 6. The fourth-order valence-corrected chi connectivity index (χ4v) is 8.98. The molecule has 11 nitrogen and oxygen atoms in total. The van der Waals surface area contributed by atoms with E-state index in [1.165, 1.54) is 13.2 Å². The molecule has 1 aliphatic heterocycles. The highest BCUT2D eigenvalue weighted by Crippen LogP contribution is 2.53. The number of Topliss-reactive ketones (excluding diaryl/α,β-unsaturated/α-hetero) is 1. The highest BCUT2D eigenvalue weighted by molar-refractivity contribution is 5.94. The first kappa shape index (κ1) is 39.0. The molecule has 4 aromatic rings. The van der Waals surface area contributed by atoms with E-state index < -0.39 is 18.2 Å². The normalized spacial score (nSPS) is 23.1. The van der Waals surface area contributed by atoms with Crippen molar-refractivity contribution < 1.29 is 49.3 Å². The molecule has 1 saturated carbocycles. The van der Waals surface area contributed by atoms with Gasteiger partial charge in [-0.25, -0.2) is 0 Å². The number of aromatic hydroxyl groups is 2. The van der Waals surface area contributed by atoms with Crippen LogP contribution >= 0.6 is 0 Å². The van der Waals surface area contributed by atoms with Crippen LogP contribution in [0.4, 0.5) is 0 Å². The molecule has 11 heteroatoms. The maximum absolute atomic E-state index is 14.4. The van der Waals surface area contributed by atoms with E-state index >= 15 is 0 Å². The molecule has 7 rings (SSSR count). The van der Waals surface area contributed by atoms with Crippen molar-refractivity contribution in [1.82, 2.24) is 4.98 Å². The van der Waals surface area contributed by atoms with Crippen molar-refractivity contribution in [3.63, 3.8) is 0 Å². The molecule has 3 aromatic carbocycles. The molecular weight excluding hydrogens is 714 g/mol. The number of esters is 1. The number of aromatic amines is 1. The first-order chi connectivity index (χ1) is 27.2. The molecule has 2 heterocycles. The van der Waals surface area contributed by atoms with Gasteiger partial charge >= 0.3 is 5.97 Å². The number of phenolic OH excluding ortho intramolecular Hbond substituents is 2. The van der Waals surface area contributed by atoms with Gasteiger partial charge in [-0.05, 0) is 102 Å². The Morgan fingerprint density at radius 2 is 1.77 bits per heavy atom. The summed E-state index contributed by atoms with van der Waals surface area (Å²) in [7, 11) is 1.50. The number of carbonyl (C=O) groups excluding carboxylic acids is 2. The summed E-state index contributed by atoms with van der Waals surface area (Å²) in [5.41, 5.74) is 5.86. The van der Waals surface area contributed by atoms with Crippen molar-refractivity contribution in [3.8, 4) is 34.8 Å². The first-order valence-electron chi connectivity index (χ1n) is 19.4. The number of phenols is 2. The van der Waals surface area contributed by atoms with E-state index in [0.717, 1.165) is 58.1 Å². The summed E-state index contributed by atoms with van der Waals surface area (Å²) in [6.07, 6.45) is 2.92. The zero-order valence-corrected chi connectivity index (χ0v) is 31.5. The lowest BCUT2D eigenvalue weighted by Crippen LogP contribution is -2.36. The number of carbonyl (C=O) groups is 2. The zero-order chi connectivity index (χ0) is 39.3. The summed E-state index contributed by atoms with van der Waals surface area (Å²) in [6.45, 7) is -0.212. The van der Waals surface area contributed by atoms with Crippen molar-refractivity contribution >= 4 is 28.2 Å². The second-order valence-electron chi connectivity index (χ2n) is 15.2. The van der Waals surface area contributed by atoms with E-state index in [1.54, 1.807) is 18.2 Å². The Labute approximate surface area is 325 Å². The van der Waals surface area contributed by atoms with Gasteiger partial charge in [0.15, 0.2) is 23.0 Å². The highest BCUT2D eigenvalue weighted by Gasteiger charge is 2.41. The van der Waals surface area contributed by atoms with Gasteiger partial charge in [-0.15, -0.1) is 0 Å². The molecule has 2 aliphatic carbocycles. The fraction of sp³-hybridized carbons (Fsp3) is 0.422. The monoisotopic (exact) mass is 763 g/mol. The number of aromatic nitrogens is 1. The van der Waals surface area contributed by atoms with Gasteiger partial charge in [-0.3, -0.25) is 9.59 Å². The Morgan fingerprint density at radius 3 is 2.57 bits per heavy atom. The van der Waals surface area contributed by atoms with Gasteiger partial charge in [0.05, 0.1) is 25.5 Å². The second kappa shape index (κ2) is 17.2. The van der Waals surface area contributed by atoms with E-state index in [4.69, 9.17) is 14.2 Å². The van der Waals surface area contributed by atoms with Gasteiger partial charge in [0, 0.05) is 48.8 Å². The lowest BCUT2D eigenvalue weighted by atomic mass is 9.65. The molecule has 3 aliphatic rings. The number of rotatable bonds is 9. The first-order valence-corrected chi connectivity index (χ1v) is 19.4. The Balaban J connectivity index is 1.34. The van der Waals surface area contributed by atoms with Gasteiger partial charge in [0.1, 0.15) is 24.9 Å². The van der Waals surface area contributed by atoms with Crippen LogP contribution in [-0.2, 0) is 27.2 Å². The molecular formula is C45H49NO10. The predicted octanol–water partition coefficient (Wildman–Crippen LogP) is 5.72. The number of allylic oxidation sites excluding steroid dienone is 1. The van der Waals surface area contributed by atoms with Crippen molar-refractivity contribution in [2.45, 2.75) is 75.9 Å². The number of aliphatic hydroxyl groups is 3. The lowest BCUT2D eigenvalue weighted by Gasteiger charge is -2.39. The minimum Gasteiger partial charge on any atom is -0.504 e. The number of benzene rings is 3. The molecule has 0 saturated heterocycles. The third-order valence-corrected chi connectivity index (χ3v) is 11.7. The minimum absolute atomic E-state index is 0.00156. The third-order valence-electron chi connectivity index (χ3n) is 11.7. The molecule has 1 fully saturated rings. The number of nitrogens with one attached hydrogen (secondary N) is 1. The average molecular weight is 764 g/mol. The standard InChI is InChI=1S/C45H49NO10/c1-54-41-25-35-33-22-29(49)23-43(39(51)19-27-11-13-38(50)42(20-27)55-17-16-48)56-44(53)9-5-3-7-31-30-6-2-4-8-37(30)46-45(31)36(34(35)24-40(41)52)21-28-12-10-26(14-15-47)18-32(28)33/h2,4,6,8,11,13,20-21,24-26,28,32-33,39,43,46-48,50-52H,7,9-10,12,14-19,22-23H2,1H3. The Bertz CT molecular complexity index is 2180. The third kappa shape index (κ3) is 8.28. The predicted molar refractivity (Wildman–Crippen MR) is 209 cm³/mol. The van der Waals surface area contributed by atoms with Crippen LogP contribution in [0.5, 0.6) is 23.0 Å². The molecule has 6 atom stereocenters. The number of cyclic esters (lactones) is 1. The quantitative estimate of drug-likeness (QED) is 0.0913. The maximum Gasteiger partial charge on any atom is 0.318 e. The lowest BCUT2D eigenvalue weighted by molar-refractivity contribution is -0.155. The maximum atomic E-state index is 14.4. The SMILES string of the molecule is COc1cc2c(cc1O)C1=CC3CCC(CCO)CC3C2CC(=O)CC(C(O)Cc2ccc(O)c(OCCO)c2)OC(=O)CC#CCc2c1[nH]c1ccccc21. The van der Waals surface area contributed by atoms with Gasteiger partial charge in [0.2, 0.25) is 0 Å². The summed E-state index contributed by atoms with van der Waals surface area (Å²) in [5.74, 6) is 5.53. The number of aliphatic hydroxyl groups excluding tert-OH is 3. The Morgan fingerprint density at radius 1 is 0.946 bits per heavy atom. The van der Waals surface area contributed by atoms with Gasteiger partial charge < -0.3 is 44.7 Å². The van der Waals surface area contributed by atoms with Crippen LogP contribution in [0.3, 0.4) is 0 Å². The molecule has 6 unspecified atom stereocenters. The highest BCUT2D eigenvalue weighted by atomic mass is 16.6. The van der Waals surface area contributed by atoms with Crippen LogP contribution in [0, 0.1) is 29.6 Å². The molecule has 294 valence electrons. The summed E-state index contributed by atoms with van der Waals surface area (Å²) in [5, 5.41) is 53.3. The van der Waals surface area contributed by atoms with Crippen LogP contribution < -0.4 is 9.47 Å². The van der Waals surface area contributed by atoms with Gasteiger partial charge in [-0.1, -0.05) is 42.2 Å². The van der Waals surface area contributed by atoms with E-state index in [9.17, 15) is 35.1 Å². The minimum atomic E-state index is -1.29. The number of ketones is 1. The smallest absolute Gasteiger partial charge is 0.318 e. The van der Waals surface area contributed by atoms with Crippen LogP contribution in [0.2, 0.25) is 0 Å². The van der Waals surface area contributed by atoms with Crippen molar-refractivity contribution in [1.29, 1.82) is 0 Å². The van der Waals surface area contributed by atoms with E-state index in [0.29, 0.717) is 18.4 Å². The van der Waals surface area contributed by atoms with Crippen LogP contribution in [0.25, 0.3) is 16.5 Å². The Kier molecular flexibility index (Phi) is 12.0. The molecule has 0 spiro atoms. The van der Waals surface area contributed by atoms with Crippen LogP contribution in [0.1, 0.15) is 78.8 Å². The van der Waals surface area contributed by atoms with E-state index in [1.807, 2.05) is 30.3 Å². The summed E-state index contributed by atoms with van der Waals surface area (Å²) >= 11 is 0. The number of H-pyrrole nitrogens is 1. The van der Waals surface area contributed by atoms with Crippen molar-refractivity contribution in [2.75, 3.05) is 26.9 Å². The fourth-order valence-electron chi connectivity index (χ4n) is 8.98.